The van der Waals surface area contributed by atoms with Crippen LogP contribution < -0.4 is 5.32 Å². The van der Waals surface area contributed by atoms with Gasteiger partial charge >= 0.3 is 0 Å². The minimum atomic E-state index is -3.65. The van der Waals surface area contributed by atoms with Gasteiger partial charge in [-0.15, -0.1) is 0 Å². The van der Waals surface area contributed by atoms with E-state index in [0.29, 0.717) is 25.1 Å². The lowest BCUT2D eigenvalue weighted by Gasteiger charge is -2.31. The van der Waals surface area contributed by atoms with Crippen LogP contribution in [0.2, 0.25) is 0 Å². The van der Waals surface area contributed by atoms with Crippen LogP contribution in [0.25, 0.3) is 0 Å². The first-order chi connectivity index (χ1) is 13.3. The third-order valence-electron chi connectivity index (χ3n) is 5.36. The highest BCUT2D eigenvalue weighted by molar-refractivity contribution is 7.89. The molecule has 1 saturated heterocycles. The molecule has 0 saturated carbocycles. The Morgan fingerprint density at radius 3 is 2.89 bits per heavy atom. The van der Waals surface area contributed by atoms with E-state index in [-0.39, 0.29) is 29.3 Å². The Hall–Kier alpha value is -2.13. The SMILES string of the molecule is Cc1c(S(=O)(=O)N2CCC[C@@H](C(=O)N[C@H](C)CCc3ccco3)C2)cnn1C. The summed E-state index contributed by atoms with van der Waals surface area (Å²) in [5, 5.41) is 7.06. The van der Waals surface area contributed by atoms with Crippen LogP contribution in [0, 0.1) is 12.8 Å². The molecule has 9 heteroatoms. The summed E-state index contributed by atoms with van der Waals surface area (Å²) in [4.78, 5) is 12.9. The second-order valence-corrected chi connectivity index (χ2v) is 9.35. The first-order valence-electron chi connectivity index (χ1n) is 9.60. The number of hydrogen-bond donors (Lipinski definition) is 1. The van der Waals surface area contributed by atoms with Crippen molar-refractivity contribution in [1.29, 1.82) is 0 Å². The van der Waals surface area contributed by atoms with Crippen LogP contribution in [-0.2, 0) is 28.3 Å². The van der Waals surface area contributed by atoms with Crippen LogP contribution in [0.5, 0.6) is 0 Å². The van der Waals surface area contributed by atoms with E-state index >= 15 is 0 Å². The summed E-state index contributed by atoms with van der Waals surface area (Å²) in [5.74, 6) is 0.462. The predicted octanol–water partition coefficient (Wildman–Crippen LogP) is 1.86. The van der Waals surface area contributed by atoms with E-state index in [1.807, 2.05) is 19.1 Å². The summed E-state index contributed by atoms with van der Waals surface area (Å²) in [6.07, 6.45) is 5.89. The van der Waals surface area contributed by atoms with Gasteiger partial charge in [0.05, 0.1) is 24.1 Å². The van der Waals surface area contributed by atoms with E-state index < -0.39 is 10.0 Å². The molecule has 0 unspecified atom stereocenters. The number of amides is 1. The highest BCUT2D eigenvalue weighted by atomic mass is 32.2. The molecule has 1 amide bonds. The van der Waals surface area contributed by atoms with Crippen molar-refractivity contribution in [2.75, 3.05) is 13.1 Å². The molecule has 2 atom stereocenters. The third kappa shape index (κ3) is 4.47. The zero-order chi connectivity index (χ0) is 20.3. The fourth-order valence-electron chi connectivity index (χ4n) is 3.49. The van der Waals surface area contributed by atoms with Crippen LogP contribution >= 0.6 is 0 Å². The van der Waals surface area contributed by atoms with Gasteiger partial charge in [-0.05, 0) is 45.2 Å². The Morgan fingerprint density at radius 2 is 2.25 bits per heavy atom. The third-order valence-corrected chi connectivity index (χ3v) is 7.32. The van der Waals surface area contributed by atoms with Crippen molar-refractivity contribution in [3.8, 4) is 0 Å². The summed E-state index contributed by atoms with van der Waals surface area (Å²) in [7, 11) is -1.94. The zero-order valence-corrected chi connectivity index (χ0v) is 17.4. The maximum atomic E-state index is 13.0. The van der Waals surface area contributed by atoms with E-state index in [0.717, 1.165) is 18.6 Å². The van der Waals surface area contributed by atoms with E-state index in [2.05, 4.69) is 10.4 Å². The number of rotatable bonds is 7. The van der Waals surface area contributed by atoms with Gasteiger partial charge in [-0.2, -0.15) is 9.40 Å². The van der Waals surface area contributed by atoms with Gasteiger partial charge in [0.1, 0.15) is 10.7 Å². The smallest absolute Gasteiger partial charge is 0.246 e. The topological polar surface area (TPSA) is 97.4 Å². The Morgan fingerprint density at radius 1 is 1.46 bits per heavy atom. The molecule has 0 bridgehead atoms. The monoisotopic (exact) mass is 408 g/mol. The van der Waals surface area contributed by atoms with Crippen molar-refractivity contribution in [3.05, 3.63) is 36.0 Å². The second-order valence-electron chi connectivity index (χ2n) is 7.45. The normalized spacial score (nSPS) is 19.5. The fourth-order valence-corrected chi connectivity index (χ4v) is 5.20. The van der Waals surface area contributed by atoms with Gasteiger partial charge in [-0.1, -0.05) is 0 Å². The molecule has 1 fully saturated rings. The second kappa shape index (κ2) is 8.48. The molecule has 1 aliphatic heterocycles. The lowest BCUT2D eigenvalue weighted by Crippen LogP contribution is -2.47. The Labute approximate surface area is 165 Å². The fraction of sp³-hybridized carbons (Fsp3) is 0.579. The Kier molecular flexibility index (Phi) is 6.24. The van der Waals surface area contributed by atoms with Gasteiger partial charge in [-0.25, -0.2) is 8.42 Å². The minimum Gasteiger partial charge on any atom is -0.469 e. The number of carbonyl (C=O) groups excluding carboxylic acids is 1. The number of furan rings is 1. The highest BCUT2D eigenvalue weighted by Crippen LogP contribution is 2.25. The molecule has 8 nitrogen and oxygen atoms in total. The summed E-state index contributed by atoms with van der Waals surface area (Å²) in [6.45, 7) is 4.31. The molecule has 0 spiro atoms. The van der Waals surface area contributed by atoms with E-state index in [1.54, 1.807) is 24.9 Å². The summed E-state index contributed by atoms with van der Waals surface area (Å²) >= 11 is 0. The number of piperidine rings is 1. The van der Waals surface area contributed by atoms with Crippen molar-refractivity contribution in [3.63, 3.8) is 0 Å². The summed E-state index contributed by atoms with van der Waals surface area (Å²) < 4.78 is 34.2. The molecular weight excluding hydrogens is 380 g/mol. The van der Waals surface area contributed by atoms with Gasteiger partial charge in [0.25, 0.3) is 0 Å². The van der Waals surface area contributed by atoms with Crippen molar-refractivity contribution in [2.45, 2.75) is 50.5 Å². The molecule has 0 aliphatic carbocycles. The van der Waals surface area contributed by atoms with Crippen LogP contribution in [-0.4, -0.2) is 47.5 Å². The average Bonchev–Trinajstić information content (AvgIpc) is 3.31. The lowest BCUT2D eigenvalue weighted by atomic mass is 9.98. The summed E-state index contributed by atoms with van der Waals surface area (Å²) in [5.41, 5.74) is 0.595. The maximum Gasteiger partial charge on any atom is 0.246 e. The number of nitrogens with one attached hydrogen (secondary N) is 1. The van der Waals surface area contributed by atoms with Gasteiger partial charge in [0.2, 0.25) is 15.9 Å². The summed E-state index contributed by atoms with van der Waals surface area (Å²) in [6, 6.07) is 3.75. The van der Waals surface area contributed by atoms with Gasteiger partial charge in [0, 0.05) is 32.6 Å². The minimum absolute atomic E-state index is 0.00912. The number of hydrogen-bond acceptors (Lipinski definition) is 5. The molecule has 0 radical (unpaired) electrons. The lowest BCUT2D eigenvalue weighted by molar-refractivity contribution is -0.126. The van der Waals surface area contributed by atoms with Gasteiger partial charge in [0.15, 0.2) is 0 Å². The van der Waals surface area contributed by atoms with Crippen LogP contribution in [0.1, 0.15) is 37.6 Å². The molecule has 3 heterocycles. The van der Waals surface area contributed by atoms with Crippen LogP contribution in [0.15, 0.2) is 33.9 Å². The Balaban J connectivity index is 1.59. The predicted molar refractivity (Wildman–Crippen MR) is 104 cm³/mol. The molecule has 1 aliphatic rings. The molecule has 3 rings (SSSR count). The zero-order valence-electron chi connectivity index (χ0n) is 16.6. The van der Waals surface area contributed by atoms with Gasteiger partial charge < -0.3 is 9.73 Å². The standard InChI is InChI=1S/C19H28N4O4S/c1-14(8-9-17-7-5-11-27-17)21-19(24)16-6-4-10-23(13-16)28(25,26)18-12-20-22(3)15(18)2/h5,7,11-12,14,16H,4,6,8-10,13H2,1-3H3,(H,21,24)/t14-,16-/m1/s1. The maximum absolute atomic E-state index is 13.0. The first kappa shape index (κ1) is 20.6. The molecule has 1 N–H and O–H groups in total. The van der Waals surface area contributed by atoms with Crippen molar-refractivity contribution >= 4 is 15.9 Å². The van der Waals surface area contributed by atoms with Crippen molar-refractivity contribution in [1.82, 2.24) is 19.4 Å². The number of carbonyl (C=O) groups is 1. The van der Waals surface area contributed by atoms with E-state index in [1.165, 1.54) is 10.5 Å². The van der Waals surface area contributed by atoms with E-state index in [4.69, 9.17) is 4.42 Å². The molecule has 2 aromatic heterocycles. The van der Waals surface area contributed by atoms with E-state index in [9.17, 15) is 13.2 Å². The average molecular weight is 409 g/mol. The molecule has 2 aromatic rings. The Bertz CT molecular complexity index is 905. The van der Waals surface area contributed by atoms with Crippen molar-refractivity contribution < 1.29 is 17.6 Å². The first-order valence-corrected chi connectivity index (χ1v) is 11.0. The highest BCUT2D eigenvalue weighted by Gasteiger charge is 2.35. The number of aromatic nitrogens is 2. The molecule has 28 heavy (non-hydrogen) atoms. The largest absolute Gasteiger partial charge is 0.469 e. The van der Waals surface area contributed by atoms with Gasteiger partial charge in [-0.3, -0.25) is 9.48 Å². The molecular formula is C19H28N4O4S. The number of aryl methyl sites for hydroxylation is 2. The number of nitrogens with zero attached hydrogens (tertiary/aromatic N) is 3. The number of sulfonamides is 1. The van der Waals surface area contributed by atoms with Crippen molar-refractivity contribution in [2.24, 2.45) is 13.0 Å². The quantitative estimate of drug-likeness (QED) is 0.754. The molecule has 0 aromatic carbocycles. The van der Waals surface area contributed by atoms with Crippen LogP contribution in [0.4, 0.5) is 0 Å². The molecule has 154 valence electrons. The van der Waals surface area contributed by atoms with Crippen LogP contribution in [0.3, 0.4) is 0 Å².